The van der Waals surface area contributed by atoms with Gasteiger partial charge in [-0.1, -0.05) is 42.5 Å². The van der Waals surface area contributed by atoms with Crippen LogP contribution in [0.3, 0.4) is 0 Å². The van der Waals surface area contributed by atoms with Crippen molar-refractivity contribution in [2.45, 2.75) is 19.1 Å². The number of fused-ring (bicyclic) bond motifs is 1. The molecule has 0 bridgehead atoms. The summed E-state index contributed by atoms with van der Waals surface area (Å²) in [4.78, 5) is 25.9. The SMILES string of the molecule is COc1ccccc1-c1nccc(COc2ccccc2C[C@@H](Nc2ncnn3cc(-c4ccc(F)cc4)c(Br)c23)C(=O)O)n1. The minimum atomic E-state index is -1.07. The molecule has 6 rings (SSSR count). The number of anilines is 1. The fourth-order valence-corrected chi connectivity index (χ4v) is 5.60. The molecule has 1 atom stereocenters. The number of ether oxygens (including phenoxy) is 2. The van der Waals surface area contributed by atoms with E-state index in [2.05, 4.69) is 41.3 Å². The van der Waals surface area contributed by atoms with Gasteiger partial charge in [0.1, 0.15) is 41.8 Å². The third-order valence-electron chi connectivity index (χ3n) is 7.11. The normalized spacial score (nSPS) is 11.7. The molecule has 226 valence electrons. The summed E-state index contributed by atoms with van der Waals surface area (Å²) in [5, 5.41) is 17.6. The van der Waals surface area contributed by atoms with Gasteiger partial charge in [0, 0.05) is 24.4 Å². The Morgan fingerprint density at radius 3 is 2.53 bits per heavy atom. The maximum Gasteiger partial charge on any atom is 0.326 e. The van der Waals surface area contributed by atoms with Crippen molar-refractivity contribution in [2.75, 3.05) is 12.4 Å². The number of carboxylic acid groups (broad SMARTS) is 1. The number of aliphatic carboxylic acids is 1. The Morgan fingerprint density at radius 1 is 1.00 bits per heavy atom. The first-order valence-corrected chi connectivity index (χ1v) is 14.6. The topological polar surface area (TPSA) is 124 Å². The first-order chi connectivity index (χ1) is 21.9. The van der Waals surface area contributed by atoms with Gasteiger partial charge in [-0.3, -0.25) is 0 Å². The van der Waals surface area contributed by atoms with Crippen molar-refractivity contribution in [3.05, 3.63) is 119 Å². The van der Waals surface area contributed by atoms with Gasteiger partial charge in [-0.2, -0.15) is 5.10 Å². The maximum atomic E-state index is 13.5. The first-order valence-electron chi connectivity index (χ1n) is 13.8. The molecule has 0 aliphatic carbocycles. The highest BCUT2D eigenvalue weighted by Crippen LogP contribution is 2.36. The van der Waals surface area contributed by atoms with Gasteiger partial charge >= 0.3 is 5.97 Å². The van der Waals surface area contributed by atoms with Crippen molar-refractivity contribution >= 4 is 33.2 Å². The van der Waals surface area contributed by atoms with Crippen molar-refractivity contribution < 1.29 is 23.8 Å². The van der Waals surface area contributed by atoms with Crippen LogP contribution >= 0.6 is 15.9 Å². The Labute approximate surface area is 265 Å². The second-order valence-corrected chi connectivity index (χ2v) is 10.8. The molecule has 0 spiro atoms. The number of benzene rings is 3. The highest BCUT2D eigenvalue weighted by atomic mass is 79.9. The van der Waals surface area contributed by atoms with Crippen LogP contribution in [0.4, 0.5) is 10.2 Å². The molecule has 0 fully saturated rings. The summed E-state index contributed by atoms with van der Waals surface area (Å²) in [7, 11) is 1.60. The molecule has 0 saturated heterocycles. The Bertz CT molecular complexity index is 1980. The van der Waals surface area contributed by atoms with E-state index in [-0.39, 0.29) is 18.8 Å². The van der Waals surface area contributed by atoms with E-state index in [1.54, 1.807) is 48.3 Å². The zero-order chi connectivity index (χ0) is 31.3. The van der Waals surface area contributed by atoms with Crippen molar-refractivity contribution in [2.24, 2.45) is 0 Å². The first kappa shape index (κ1) is 29.7. The molecule has 45 heavy (non-hydrogen) atoms. The number of hydrogen-bond donors (Lipinski definition) is 2. The third kappa shape index (κ3) is 6.46. The summed E-state index contributed by atoms with van der Waals surface area (Å²) in [6.07, 6.45) is 4.87. The van der Waals surface area contributed by atoms with E-state index in [1.165, 1.54) is 18.5 Å². The van der Waals surface area contributed by atoms with Gasteiger partial charge in [0.25, 0.3) is 0 Å². The molecule has 0 aliphatic rings. The van der Waals surface area contributed by atoms with Crippen LogP contribution in [0.15, 0.2) is 102 Å². The van der Waals surface area contributed by atoms with E-state index in [0.717, 1.165) is 16.7 Å². The molecule has 10 nitrogen and oxygen atoms in total. The highest BCUT2D eigenvalue weighted by Gasteiger charge is 2.24. The summed E-state index contributed by atoms with van der Waals surface area (Å²) in [5.74, 6) is 0.601. The number of nitrogens with zero attached hydrogens (tertiary/aromatic N) is 5. The van der Waals surface area contributed by atoms with Crippen molar-refractivity contribution in [3.63, 3.8) is 0 Å². The molecular weight excluding hydrogens is 643 g/mol. The molecule has 3 heterocycles. The van der Waals surface area contributed by atoms with Gasteiger partial charge in [-0.25, -0.2) is 28.7 Å². The Hall–Kier alpha value is -5.36. The second kappa shape index (κ2) is 13.1. The minimum Gasteiger partial charge on any atom is -0.496 e. The predicted octanol–water partition coefficient (Wildman–Crippen LogP) is 6.45. The molecule has 3 aromatic heterocycles. The van der Waals surface area contributed by atoms with Gasteiger partial charge < -0.3 is 19.9 Å². The average Bonchev–Trinajstić information content (AvgIpc) is 3.41. The van der Waals surface area contributed by atoms with Gasteiger partial charge in [0.15, 0.2) is 11.6 Å². The summed E-state index contributed by atoms with van der Waals surface area (Å²) in [6.45, 7) is 0.142. The Balaban J connectivity index is 1.22. The summed E-state index contributed by atoms with van der Waals surface area (Å²) < 4.78 is 27.3. The predicted molar refractivity (Wildman–Crippen MR) is 170 cm³/mol. The van der Waals surface area contributed by atoms with E-state index in [1.807, 2.05) is 42.5 Å². The molecular formula is C33H26BrFN6O4. The standard InChI is InChI=1S/C33H26BrFN6O4/c1-44-28-9-5-3-7-24(28)31-36-15-14-23(39-31)18-45-27-8-4-2-6-21(27)16-26(33(42)43)40-32-30-29(34)25(17-41(30)38-19-37-32)20-10-12-22(35)13-11-20/h2-15,17,19,26H,16,18H2,1H3,(H,42,43)(H,37,38,40)/t26-/m1/s1. The molecule has 12 heteroatoms. The smallest absolute Gasteiger partial charge is 0.326 e. The number of methoxy groups -OCH3 is 1. The van der Waals surface area contributed by atoms with Crippen molar-refractivity contribution in [1.29, 1.82) is 0 Å². The van der Waals surface area contributed by atoms with Crippen LogP contribution in [0, 0.1) is 5.82 Å². The number of rotatable bonds is 11. The number of carboxylic acids is 1. The molecule has 0 saturated carbocycles. The van der Waals surface area contributed by atoms with E-state index < -0.39 is 12.0 Å². The molecule has 0 unspecified atom stereocenters. The van der Waals surface area contributed by atoms with E-state index in [9.17, 15) is 14.3 Å². The van der Waals surface area contributed by atoms with Crippen LogP contribution in [0.5, 0.6) is 11.5 Å². The van der Waals surface area contributed by atoms with Crippen LogP contribution in [-0.2, 0) is 17.8 Å². The lowest BCUT2D eigenvalue weighted by Gasteiger charge is -2.18. The third-order valence-corrected chi connectivity index (χ3v) is 7.91. The van der Waals surface area contributed by atoms with Crippen LogP contribution in [0.2, 0.25) is 0 Å². The van der Waals surface area contributed by atoms with Crippen molar-refractivity contribution in [3.8, 4) is 34.0 Å². The van der Waals surface area contributed by atoms with Gasteiger partial charge in [-0.05, 0) is 63.5 Å². The van der Waals surface area contributed by atoms with Crippen LogP contribution < -0.4 is 14.8 Å². The highest BCUT2D eigenvalue weighted by molar-refractivity contribution is 9.10. The quantitative estimate of drug-likeness (QED) is 0.160. The molecule has 2 N–H and O–H groups in total. The van der Waals surface area contributed by atoms with Crippen molar-refractivity contribution in [1.82, 2.24) is 24.6 Å². The van der Waals surface area contributed by atoms with Crippen LogP contribution in [0.1, 0.15) is 11.3 Å². The number of aromatic nitrogens is 5. The van der Waals surface area contributed by atoms with E-state index in [0.29, 0.717) is 44.4 Å². The fourth-order valence-electron chi connectivity index (χ4n) is 4.90. The van der Waals surface area contributed by atoms with E-state index in [4.69, 9.17) is 9.47 Å². The Kier molecular flexibility index (Phi) is 8.65. The monoisotopic (exact) mass is 668 g/mol. The van der Waals surface area contributed by atoms with Gasteiger partial charge in [0.05, 0.1) is 22.8 Å². The van der Waals surface area contributed by atoms with Crippen LogP contribution in [-0.4, -0.2) is 48.8 Å². The summed E-state index contributed by atoms with van der Waals surface area (Å²) in [5.41, 5.74) is 4.15. The second-order valence-electron chi connectivity index (χ2n) is 9.97. The maximum absolute atomic E-state index is 13.5. The summed E-state index contributed by atoms with van der Waals surface area (Å²) >= 11 is 3.61. The molecule has 0 amide bonds. The molecule has 0 aliphatic heterocycles. The number of hydrogen-bond acceptors (Lipinski definition) is 8. The average molecular weight is 670 g/mol. The number of para-hydroxylation sites is 2. The van der Waals surface area contributed by atoms with E-state index >= 15 is 0 Å². The van der Waals surface area contributed by atoms with Gasteiger partial charge in [-0.15, -0.1) is 0 Å². The molecule has 3 aromatic carbocycles. The molecule has 6 aromatic rings. The van der Waals surface area contributed by atoms with Crippen LogP contribution in [0.25, 0.3) is 28.0 Å². The van der Waals surface area contributed by atoms with Gasteiger partial charge in [0.2, 0.25) is 0 Å². The summed E-state index contributed by atoms with van der Waals surface area (Å²) in [6, 6.07) is 21.5. The zero-order valence-electron chi connectivity index (χ0n) is 23.9. The number of carbonyl (C=O) groups is 1. The Morgan fingerprint density at radius 2 is 1.76 bits per heavy atom. The molecule has 0 radical (unpaired) electrons. The lowest BCUT2D eigenvalue weighted by atomic mass is 10.0. The lowest BCUT2D eigenvalue weighted by molar-refractivity contribution is -0.137. The zero-order valence-corrected chi connectivity index (χ0v) is 25.5. The minimum absolute atomic E-state index is 0.0983. The number of nitrogens with one attached hydrogen (secondary N) is 1. The number of halogens is 2. The largest absolute Gasteiger partial charge is 0.496 e. The fraction of sp³-hybridized carbons (Fsp3) is 0.121. The lowest BCUT2D eigenvalue weighted by Crippen LogP contribution is -2.32.